The Morgan fingerprint density at radius 2 is 1.06 bits per heavy atom. The number of nitrogens with zero attached hydrogens (tertiary/aromatic N) is 12. The highest BCUT2D eigenvalue weighted by atomic mass is 79.9. The molecule has 0 atom stereocenters. The van der Waals surface area contributed by atoms with Crippen molar-refractivity contribution in [1.82, 2.24) is 20.6 Å². The van der Waals surface area contributed by atoms with Gasteiger partial charge in [0, 0.05) is 25.1 Å². The molecule has 0 radical (unpaired) electrons. The molecular formula is C6Br4N12O9. The van der Waals surface area contributed by atoms with E-state index in [4.69, 9.17) is 0 Å². The molecule has 25 heteroatoms. The molecule has 2 aromatic rings. The second kappa shape index (κ2) is 9.14. The van der Waals surface area contributed by atoms with Crippen molar-refractivity contribution in [3.8, 4) is 0 Å². The maximum atomic E-state index is 12.2. The van der Waals surface area contributed by atoms with Gasteiger partial charge in [-0.25, -0.2) is 4.63 Å². The van der Waals surface area contributed by atoms with Crippen molar-refractivity contribution in [3.05, 3.63) is 35.9 Å². The lowest BCUT2D eigenvalue weighted by atomic mass is 10.6. The van der Waals surface area contributed by atoms with Crippen molar-refractivity contribution in [2.24, 2.45) is 15.3 Å². The van der Waals surface area contributed by atoms with E-state index in [1.807, 2.05) is 0 Å². The van der Waals surface area contributed by atoms with Gasteiger partial charge in [0.2, 0.25) is 0 Å². The Kier molecular flexibility index (Phi) is 7.21. The minimum absolute atomic E-state index is 0.393. The molecule has 0 unspecified atom stereocenters. The van der Waals surface area contributed by atoms with E-state index < -0.39 is 54.7 Å². The first kappa shape index (κ1) is 24.5. The Morgan fingerprint density at radius 1 is 0.677 bits per heavy atom. The monoisotopic (exact) mass is 700 g/mol. The zero-order valence-corrected chi connectivity index (χ0v) is 19.9. The van der Waals surface area contributed by atoms with Gasteiger partial charge in [0.15, 0.2) is 5.16 Å². The van der Waals surface area contributed by atoms with E-state index in [-0.39, 0.29) is 0 Å². The van der Waals surface area contributed by atoms with Gasteiger partial charge in [-0.15, -0.1) is 9.49 Å². The average molecular weight is 704 g/mol. The van der Waals surface area contributed by atoms with E-state index >= 15 is 0 Å². The van der Waals surface area contributed by atoms with Gasteiger partial charge in [-0.05, 0) is 10.3 Å². The molecule has 166 valence electrons. The van der Waals surface area contributed by atoms with Crippen LogP contribution in [0.1, 0.15) is 0 Å². The van der Waals surface area contributed by atoms with Crippen LogP contribution in [-0.2, 0) is 0 Å². The summed E-state index contributed by atoms with van der Waals surface area (Å²) in [7, 11) is 0. The number of hydrogen-bond acceptors (Lipinski definition) is 16. The Labute approximate surface area is 198 Å². The molecule has 2 aromatic heterocycles. The van der Waals surface area contributed by atoms with E-state index in [0.717, 1.165) is 0 Å². The van der Waals surface area contributed by atoms with Gasteiger partial charge >= 0.3 is 24.4 Å². The molecule has 0 aliphatic carbocycles. The van der Waals surface area contributed by atoms with E-state index in [2.05, 4.69) is 109 Å². The summed E-state index contributed by atoms with van der Waals surface area (Å²) in [5.41, 5.74) is 0. The minimum Gasteiger partial charge on any atom is -0.690 e. The fourth-order valence-corrected chi connectivity index (χ4v) is 1.55. The summed E-state index contributed by atoms with van der Waals surface area (Å²) < 4.78 is 3.31. The lowest BCUT2D eigenvalue weighted by Crippen LogP contribution is -2.33. The number of aromatic nitrogens is 4. The van der Waals surface area contributed by atoms with Gasteiger partial charge in [0.1, 0.15) is 73.6 Å². The van der Waals surface area contributed by atoms with Crippen molar-refractivity contribution in [1.29, 1.82) is 0 Å². The van der Waals surface area contributed by atoms with Crippen LogP contribution in [0.3, 0.4) is 0 Å². The molecule has 0 fully saturated rings. The molecule has 0 aliphatic heterocycles. The van der Waals surface area contributed by atoms with Crippen LogP contribution in [0.2, 0.25) is 0 Å². The smallest absolute Gasteiger partial charge is 0.545 e. The fraction of sp³-hybridized carbons (Fsp3) is 0.333. The Hall–Kier alpha value is -2.80. The number of alkyl halides is 4. The Bertz CT molecular complexity index is 1110. The maximum Gasteiger partial charge on any atom is 0.545 e. The lowest BCUT2D eigenvalue weighted by Gasteiger charge is -2.07. The van der Waals surface area contributed by atoms with Gasteiger partial charge in [-0.2, -0.15) is 0 Å². The van der Waals surface area contributed by atoms with Crippen molar-refractivity contribution < 1.29 is 33.7 Å². The second-order valence-corrected chi connectivity index (χ2v) is 11.0. The number of rotatable bonds is 8. The van der Waals surface area contributed by atoms with Crippen molar-refractivity contribution in [3.63, 3.8) is 0 Å². The van der Waals surface area contributed by atoms with E-state index in [1.165, 1.54) is 0 Å². The van der Waals surface area contributed by atoms with Gasteiger partial charge in [0.05, 0.1) is 0 Å². The summed E-state index contributed by atoms with van der Waals surface area (Å²) in [6.45, 7) is 0. The maximum absolute atomic E-state index is 12.2. The van der Waals surface area contributed by atoms with Crippen LogP contribution >= 0.6 is 63.7 Å². The van der Waals surface area contributed by atoms with Crippen molar-refractivity contribution in [2.45, 2.75) is 6.96 Å². The first-order valence-corrected chi connectivity index (χ1v) is 9.72. The zero-order chi connectivity index (χ0) is 23.6. The van der Waals surface area contributed by atoms with E-state index in [9.17, 15) is 35.9 Å². The first-order valence-electron chi connectivity index (χ1n) is 6.55. The van der Waals surface area contributed by atoms with Crippen LogP contribution in [-0.4, -0.2) is 52.0 Å². The highest BCUT2D eigenvalue weighted by Crippen LogP contribution is 2.33. The highest BCUT2D eigenvalue weighted by molar-refractivity contribution is 9.25. The number of azo groups is 3. The molecule has 0 saturated heterocycles. The number of halogens is 4. The molecule has 31 heavy (non-hydrogen) atoms. The van der Waals surface area contributed by atoms with E-state index in [0.29, 0.717) is 0 Å². The van der Waals surface area contributed by atoms with Crippen molar-refractivity contribution >= 4 is 87.0 Å². The Morgan fingerprint density at radius 3 is 1.55 bits per heavy atom. The molecular weight excluding hydrogens is 704 g/mol. The second-order valence-electron chi connectivity index (χ2n) is 4.47. The summed E-state index contributed by atoms with van der Waals surface area (Å²) in [6.07, 6.45) is 0. The first-order chi connectivity index (χ1) is 14.3. The number of hydroxylamine groups is 2. The van der Waals surface area contributed by atoms with Gasteiger partial charge in [-0.1, -0.05) is 5.11 Å². The highest BCUT2D eigenvalue weighted by Gasteiger charge is 2.50. The topological polar surface area (TPSA) is 279 Å². The molecule has 2 rings (SSSR count). The third-order valence-electron chi connectivity index (χ3n) is 2.55. The van der Waals surface area contributed by atoms with Crippen molar-refractivity contribution in [2.75, 3.05) is 0 Å². The molecule has 0 bridgehead atoms. The molecule has 0 saturated carbocycles. The number of nitro groups is 2. The van der Waals surface area contributed by atoms with Gasteiger partial charge in [0.25, 0.3) is 5.82 Å². The third-order valence-corrected chi connectivity index (χ3v) is 4.92. The summed E-state index contributed by atoms with van der Waals surface area (Å²) in [5, 5.41) is 79.4. The van der Waals surface area contributed by atoms with E-state index in [1.54, 1.807) is 0 Å². The standard InChI is InChI=1S/C6Br4N12O9/c7-5(8,21(26)27)19(24)12-2-1(14-30-15-2)11-18(23)4-3(16-31-17-4)13-20(25)6(9,10)22(28)29. The van der Waals surface area contributed by atoms with Crippen LogP contribution < -0.4 is 0 Å². The summed E-state index contributed by atoms with van der Waals surface area (Å²) in [6, 6.07) is 0. The van der Waals surface area contributed by atoms with Crippen LogP contribution in [0.4, 0.5) is 23.3 Å². The Balaban J connectivity index is 2.43. The molecule has 21 nitrogen and oxygen atoms in total. The fourth-order valence-electron chi connectivity index (χ4n) is 1.23. The van der Waals surface area contributed by atoms with Gasteiger partial charge < -0.3 is 15.6 Å². The third kappa shape index (κ3) is 5.28. The SMILES string of the molecule is O=[N+]([O-])C(Br)(Br)[N+]([O-])=Nc1nonc1N=[N+]([O-])c1nonc1N=[N+]([O-])C(Br)(Br)[N+](=O)[O-]. The van der Waals surface area contributed by atoms with Crippen LogP contribution in [0, 0.1) is 35.9 Å². The molecule has 2 heterocycles. The molecule has 0 aliphatic rings. The zero-order valence-electron chi connectivity index (χ0n) is 13.6. The summed E-state index contributed by atoms with van der Waals surface area (Å²) >= 11 is 9.76. The van der Waals surface area contributed by atoms with Crippen LogP contribution in [0.15, 0.2) is 24.6 Å². The number of hydrogen-bond donors (Lipinski definition) is 0. The average Bonchev–Trinajstić information content (AvgIpc) is 3.30. The van der Waals surface area contributed by atoms with Crippen LogP contribution in [0.25, 0.3) is 0 Å². The minimum atomic E-state index is -2.60. The predicted molar refractivity (Wildman–Crippen MR) is 101 cm³/mol. The molecule has 0 aromatic carbocycles. The predicted octanol–water partition coefficient (Wildman–Crippen LogP) is 2.92. The summed E-state index contributed by atoms with van der Waals surface area (Å²) in [4.78, 5) is 18.0. The molecule has 0 amide bonds. The largest absolute Gasteiger partial charge is 0.690 e. The molecule has 0 spiro atoms. The quantitative estimate of drug-likeness (QED) is 0.0728. The summed E-state index contributed by atoms with van der Waals surface area (Å²) in [5.74, 6) is -3.31. The lowest BCUT2D eigenvalue weighted by molar-refractivity contribution is -0.741. The van der Waals surface area contributed by atoms with Crippen LogP contribution in [0.5, 0.6) is 0 Å². The normalized spacial score (nSPS) is 14.0. The molecule has 0 N–H and O–H groups in total. The van der Waals surface area contributed by atoms with Gasteiger partial charge in [-0.3, -0.25) is 20.2 Å².